The van der Waals surface area contributed by atoms with Crippen LogP contribution in [0.4, 0.5) is 5.69 Å². The topological polar surface area (TPSA) is 69.7 Å². The molecule has 1 amide bonds. The normalized spacial score (nSPS) is 10.6. The predicted molar refractivity (Wildman–Crippen MR) is 118 cm³/mol. The lowest BCUT2D eigenvalue weighted by Gasteiger charge is -2.14. The number of hydrogen-bond acceptors (Lipinski definition) is 5. The molecule has 2 aromatic carbocycles. The molecule has 3 aromatic rings. The Hall–Kier alpha value is -3.54. The summed E-state index contributed by atoms with van der Waals surface area (Å²) in [5, 5.41) is 2.90. The fourth-order valence-corrected chi connectivity index (χ4v) is 3.08. The van der Waals surface area contributed by atoms with Crippen LogP contribution in [0.25, 0.3) is 11.3 Å². The molecule has 1 heterocycles. The summed E-state index contributed by atoms with van der Waals surface area (Å²) in [5.74, 6) is 1.83. The zero-order chi connectivity index (χ0) is 21.7. The Bertz CT molecular complexity index is 987. The van der Waals surface area contributed by atoms with Crippen molar-refractivity contribution in [3.8, 4) is 28.5 Å². The summed E-state index contributed by atoms with van der Waals surface area (Å²) in [4.78, 5) is 17.0. The number of rotatable bonds is 7. The minimum atomic E-state index is -0.212. The van der Waals surface area contributed by atoms with Gasteiger partial charge >= 0.3 is 0 Å². The fourth-order valence-electron chi connectivity index (χ4n) is 3.08. The van der Waals surface area contributed by atoms with E-state index in [2.05, 4.69) is 24.1 Å². The van der Waals surface area contributed by atoms with Crippen LogP contribution in [0.15, 0.2) is 54.7 Å². The van der Waals surface area contributed by atoms with Crippen LogP contribution in [-0.2, 0) is 0 Å². The van der Waals surface area contributed by atoms with E-state index in [1.54, 1.807) is 39.7 Å². The summed E-state index contributed by atoms with van der Waals surface area (Å²) in [6, 6.07) is 15.0. The van der Waals surface area contributed by atoms with Crippen molar-refractivity contribution < 1.29 is 19.0 Å². The maximum absolute atomic E-state index is 12.6. The summed E-state index contributed by atoms with van der Waals surface area (Å²) in [6.45, 7) is 4.27. The largest absolute Gasteiger partial charge is 0.493 e. The Balaban J connectivity index is 1.80. The molecule has 3 rings (SSSR count). The van der Waals surface area contributed by atoms with Crippen LogP contribution in [0.2, 0.25) is 0 Å². The van der Waals surface area contributed by atoms with E-state index in [4.69, 9.17) is 14.2 Å². The Morgan fingerprint density at radius 3 is 2.00 bits per heavy atom. The van der Waals surface area contributed by atoms with Gasteiger partial charge in [-0.3, -0.25) is 9.78 Å². The van der Waals surface area contributed by atoms with Gasteiger partial charge in [-0.2, -0.15) is 0 Å². The van der Waals surface area contributed by atoms with Gasteiger partial charge in [0.25, 0.3) is 5.91 Å². The molecular weight excluding hydrogens is 380 g/mol. The van der Waals surface area contributed by atoms with Crippen LogP contribution in [0.5, 0.6) is 17.2 Å². The lowest BCUT2D eigenvalue weighted by atomic mass is 10.0. The van der Waals surface area contributed by atoms with E-state index in [9.17, 15) is 4.79 Å². The minimum absolute atomic E-state index is 0.212. The van der Waals surface area contributed by atoms with Crippen LogP contribution < -0.4 is 19.5 Å². The number of anilines is 1. The molecule has 0 aliphatic heterocycles. The highest BCUT2D eigenvalue weighted by molar-refractivity contribution is 6.04. The molecule has 0 aliphatic carbocycles. The Morgan fingerprint density at radius 2 is 1.53 bits per heavy atom. The number of nitrogens with zero attached hydrogens (tertiary/aromatic N) is 1. The van der Waals surface area contributed by atoms with Gasteiger partial charge < -0.3 is 19.5 Å². The van der Waals surface area contributed by atoms with Gasteiger partial charge in [0.2, 0.25) is 5.75 Å². The molecule has 0 spiro atoms. The lowest BCUT2D eigenvalue weighted by Crippen LogP contribution is -2.12. The average molecular weight is 406 g/mol. The highest BCUT2D eigenvalue weighted by Crippen LogP contribution is 2.40. The first-order chi connectivity index (χ1) is 14.5. The SMILES string of the molecule is COc1cc(-c2ccc(C(=O)Nc3ccc(C(C)C)cc3)cn2)cc(OC)c1OC. The van der Waals surface area contributed by atoms with E-state index in [0.717, 1.165) is 11.3 Å². The van der Waals surface area contributed by atoms with E-state index < -0.39 is 0 Å². The number of hydrogen-bond donors (Lipinski definition) is 1. The van der Waals surface area contributed by atoms with Gasteiger partial charge in [-0.05, 0) is 47.9 Å². The number of pyridine rings is 1. The molecular formula is C24H26N2O4. The molecule has 1 aromatic heterocycles. The molecule has 0 saturated heterocycles. The molecule has 0 saturated carbocycles. The molecule has 0 aliphatic rings. The second kappa shape index (κ2) is 9.31. The Labute approximate surface area is 176 Å². The molecule has 1 N–H and O–H groups in total. The van der Waals surface area contributed by atoms with Crippen LogP contribution >= 0.6 is 0 Å². The zero-order valence-corrected chi connectivity index (χ0v) is 17.9. The third-order valence-electron chi connectivity index (χ3n) is 4.82. The zero-order valence-electron chi connectivity index (χ0n) is 17.9. The minimum Gasteiger partial charge on any atom is -0.493 e. The summed E-state index contributed by atoms with van der Waals surface area (Å²) < 4.78 is 16.1. The predicted octanol–water partition coefficient (Wildman–Crippen LogP) is 5.15. The number of carbonyl (C=O) groups excluding carboxylic acids is 1. The first kappa shape index (κ1) is 21.2. The Morgan fingerprint density at radius 1 is 0.900 bits per heavy atom. The highest BCUT2D eigenvalue weighted by atomic mass is 16.5. The van der Waals surface area contributed by atoms with Crippen LogP contribution in [0, 0.1) is 0 Å². The second-order valence-electron chi connectivity index (χ2n) is 7.08. The van der Waals surface area contributed by atoms with Crippen LogP contribution in [0.3, 0.4) is 0 Å². The number of ether oxygens (including phenoxy) is 3. The van der Waals surface area contributed by atoms with Crippen molar-refractivity contribution in [2.24, 2.45) is 0 Å². The maximum Gasteiger partial charge on any atom is 0.257 e. The third-order valence-corrected chi connectivity index (χ3v) is 4.82. The maximum atomic E-state index is 12.6. The smallest absolute Gasteiger partial charge is 0.257 e. The number of methoxy groups -OCH3 is 3. The van der Waals surface area contributed by atoms with Gasteiger partial charge in [0.15, 0.2) is 11.5 Å². The molecule has 0 bridgehead atoms. The molecule has 0 fully saturated rings. The standard InChI is InChI=1S/C24H26N2O4/c1-15(2)16-6-9-19(10-7-16)26-24(27)17-8-11-20(25-14-17)18-12-21(28-3)23(30-5)22(13-18)29-4/h6-15H,1-5H3,(H,26,27). The van der Waals surface area contributed by atoms with E-state index in [1.165, 1.54) is 5.56 Å². The number of aromatic nitrogens is 1. The Kier molecular flexibility index (Phi) is 6.57. The monoisotopic (exact) mass is 406 g/mol. The molecule has 0 atom stereocenters. The molecule has 156 valence electrons. The van der Waals surface area contributed by atoms with Crippen LogP contribution in [0.1, 0.15) is 35.7 Å². The molecule has 30 heavy (non-hydrogen) atoms. The van der Waals surface area contributed by atoms with Gasteiger partial charge in [0.1, 0.15) is 0 Å². The third kappa shape index (κ3) is 4.54. The van der Waals surface area contributed by atoms with Gasteiger partial charge in [-0.1, -0.05) is 26.0 Å². The number of carbonyl (C=O) groups is 1. The van der Waals surface area contributed by atoms with Gasteiger partial charge in [0.05, 0.1) is 32.6 Å². The van der Waals surface area contributed by atoms with Crippen LogP contribution in [-0.4, -0.2) is 32.2 Å². The van der Waals surface area contributed by atoms with Crippen molar-refractivity contribution in [2.45, 2.75) is 19.8 Å². The highest BCUT2D eigenvalue weighted by Gasteiger charge is 2.15. The molecule has 6 heteroatoms. The first-order valence-corrected chi connectivity index (χ1v) is 9.64. The van der Waals surface area contributed by atoms with Crippen molar-refractivity contribution >= 4 is 11.6 Å². The van der Waals surface area contributed by atoms with Gasteiger partial charge in [-0.15, -0.1) is 0 Å². The van der Waals surface area contributed by atoms with E-state index >= 15 is 0 Å². The van der Waals surface area contributed by atoms with E-state index in [1.807, 2.05) is 36.4 Å². The first-order valence-electron chi connectivity index (χ1n) is 9.64. The molecule has 0 unspecified atom stereocenters. The van der Waals surface area contributed by atoms with Crippen molar-refractivity contribution in [1.29, 1.82) is 0 Å². The molecule has 0 radical (unpaired) electrons. The number of nitrogens with one attached hydrogen (secondary N) is 1. The summed E-state index contributed by atoms with van der Waals surface area (Å²) in [5.41, 5.74) is 3.93. The van der Waals surface area contributed by atoms with E-state index in [0.29, 0.717) is 34.4 Å². The summed E-state index contributed by atoms with van der Waals surface area (Å²) >= 11 is 0. The quantitative estimate of drug-likeness (QED) is 0.588. The number of amides is 1. The van der Waals surface area contributed by atoms with E-state index in [-0.39, 0.29) is 5.91 Å². The van der Waals surface area contributed by atoms with Crippen molar-refractivity contribution in [3.63, 3.8) is 0 Å². The van der Waals surface area contributed by atoms with Gasteiger partial charge in [-0.25, -0.2) is 0 Å². The summed E-state index contributed by atoms with van der Waals surface area (Å²) in [6.07, 6.45) is 1.55. The lowest BCUT2D eigenvalue weighted by molar-refractivity contribution is 0.102. The summed E-state index contributed by atoms with van der Waals surface area (Å²) in [7, 11) is 4.69. The van der Waals surface area contributed by atoms with Crippen molar-refractivity contribution in [2.75, 3.05) is 26.6 Å². The molecule has 6 nitrogen and oxygen atoms in total. The fraction of sp³-hybridized carbons (Fsp3) is 0.250. The average Bonchev–Trinajstić information content (AvgIpc) is 2.78. The van der Waals surface area contributed by atoms with Crippen molar-refractivity contribution in [1.82, 2.24) is 4.98 Å². The van der Waals surface area contributed by atoms with Crippen molar-refractivity contribution in [3.05, 3.63) is 65.9 Å². The van der Waals surface area contributed by atoms with Gasteiger partial charge in [0, 0.05) is 17.4 Å². The number of benzene rings is 2. The second-order valence-corrected chi connectivity index (χ2v) is 7.08.